The zero-order valence-corrected chi connectivity index (χ0v) is 16.4. The number of piperidine rings is 2. The number of aromatic nitrogens is 1. The highest BCUT2D eigenvalue weighted by molar-refractivity contribution is 7.13. The monoisotopic (exact) mass is 384 g/mol. The topological polar surface area (TPSA) is 73.4 Å². The predicted octanol–water partition coefficient (Wildman–Crippen LogP) is 3.75. The highest BCUT2D eigenvalue weighted by Crippen LogP contribution is 2.33. The molecular weight excluding hydrogens is 360 g/mol. The summed E-state index contributed by atoms with van der Waals surface area (Å²) in [6.07, 6.45) is 4.00. The van der Waals surface area contributed by atoms with Crippen LogP contribution in [0, 0.1) is 23.2 Å². The molecule has 2 aromatic heterocycles. The van der Waals surface area contributed by atoms with Crippen molar-refractivity contribution in [1.29, 1.82) is 5.26 Å². The first-order valence-corrected chi connectivity index (χ1v) is 10.5. The summed E-state index contributed by atoms with van der Waals surface area (Å²) in [7, 11) is 0. The number of carbonyl (C=O) groups is 1. The molecule has 1 atom stereocenters. The Morgan fingerprint density at radius 2 is 2.15 bits per heavy atom. The lowest BCUT2D eigenvalue weighted by Crippen LogP contribution is -2.47. The van der Waals surface area contributed by atoms with Crippen LogP contribution in [0.25, 0.3) is 10.8 Å². The van der Waals surface area contributed by atoms with E-state index in [4.69, 9.17) is 4.42 Å². The number of likely N-dealkylation sites (tertiary alicyclic amines) is 1. The lowest BCUT2D eigenvalue weighted by atomic mass is 9.93. The Kier molecular flexibility index (Phi) is 5.17. The van der Waals surface area contributed by atoms with Crippen molar-refractivity contribution in [3.8, 4) is 16.8 Å². The highest BCUT2D eigenvalue weighted by atomic mass is 32.1. The molecule has 4 heterocycles. The van der Waals surface area contributed by atoms with Gasteiger partial charge in [0, 0.05) is 26.2 Å². The molecule has 0 aromatic carbocycles. The molecule has 0 bridgehead atoms. The molecule has 7 heteroatoms. The van der Waals surface area contributed by atoms with Crippen LogP contribution in [0.4, 0.5) is 5.88 Å². The zero-order valence-electron chi connectivity index (χ0n) is 15.6. The van der Waals surface area contributed by atoms with Crippen LogP contribution in [0.3, 0.4) is 0 Å². The van der Waals surface area contributed by atoms with Crippen molar-refractivity contribution in [3.05, 3.63) is 23.2 Å². The SMILES string of the molecule is CC1CCN(C(=O)C2CCCN(c3oc(-c4cccs4)nc3C#N)C2)CC1. The summed E-state index contributed by atoms with van der Waals surface area (Å²) in [5.74, 6) is 1.91. The summed E-state index contributed by atoms with van der Waals surface area (Å²) >= 11 is 1.53. The fraction of sp³-hybridized carbons (Fsp3) is 0.550. The predicted molar refractivity (Wildman–Crippen MR) is 104 cm³/mol. The van der Waals surface area contributed by atoms with Crippen LogP contribution in [0.1, 0.15) is 38.3 Å². The molecular formula is C20H24N4O2S. The smallest absolute Gasteiger partial charge is 0.240 e. The first-order valence-electron chi connectivity index (χ1n) is 9.64. The molecule has 2 aliphatic heterocycles. The minimum atomic E-state index is -0.0333. The molecule has 1 amide bonds. The van der Waals surface area contributed by atoms with E-state index in [1.807, 2.05) is 27.3 Å². The van der Waals surface area contributed by atoms with E-state index in [0.717, 1.165) is 50.2 Å². The molecule has 27 heavy (non-hydrogen) atoms. The molecule has 142 valence electrons. The number of nitriles is 1. The van der Waals surface area contributed by atoms with Crippen molar-refractivity contribution < 1.29 is 9.21 Å². The second kappa shape index (κ2) is 7.73. The fourth-order valence-corrected chi connectivity index (χ4v) is 4.60. The number of hydrogen-bond acceptors (Lipinski definition) is 6. The lowest BCUT2D eigenvalue weighted by molar-refractivity contribution is -0.137. The Morgan fingerprint density at radius 3 is 2.85 bits per heavy atom. The van der Waals surface area contributed by atoms with Gasteiger partial charge in [-0.2, -0.15) is 10.2 Å². The molecule has 2 aliphatic rings. The van der Waals surface area contributed by atoms with Crippen LogP contribution in [-0.2, 0) is 4.79 Å². The van der Waals surface area contributed by atoms with Gasteiger partial charge in [-0.15, -0.1) is 11.3 Å². The third kappa shape index (κ3) is 3.72. The molecule has 6 nitrogen and oxygen atoms in total. The standard InChI is InChI=1S/C20H24N4O2S/c1-14-6-9-23(10-7-14)19(25)15-4-2-8-24(13-15)20-16(12-21)22-18(26-20)17-5-3-11-27-17/h3,5,11,14-15H,2,4,6-10,13H2,1H3. The van der Waals surface area contributed by atoms with Crippen molar-refractivity contribution in [2.75, 3.05) is 31.1 Å². The van der Waals surface area contributed by atoms with E-state index in [2.05, 4.69) is 18.0 Å². The number of amides is 1. The maximum atomic E-state index is 13.0. The van der Waals surface area contributed by atoms with E-state index in [1.54, 1.807) is 0 Å². The van der Waals surface area contributed by atoms with Crippen LogP contribution >= 0.6 is 11.3 Å². The Hall–Kier alpha value is -2.33. The summed E-state index contributed by atoms with van der Waals surface area (Å²) in [4.78, 5) is 22.3. The normalized spacial score (nSPS) is 21.3. The van der Waals surface area contributed by atoms with Crippen molar-refractivity contribution in [2.24, 2.45) is 11.8 Å². The number of hydrogen-bond donors (Lipinski definition) is 0. The quantitative estimate of drug-likeness (QED) is 0.806. The first kappa shape index (κ1) is 18.1. The van der Waals surface area contributed by atoms with Crippen LogP contribution in [-0.4, -0.2) is 42.0 Å². The van der Waals surface area contributed by atoms with E-state index < -0.39 is 0 Å². The number of nitrogens with zero attached hydrogens (tertiary/aromatic N) is 4. The van der Waals surface area contributed by atoms with Gasteiger partial charge in [0.15, 0.2) is 0 Å². The molecule has 0 aliphatic carbocycles. The van der Waals surface area contributed by atoms with E-state index in [1.165, 1.54) is 11.3 Å². The van der Waals surface area contributed by atoms with Crippen molar-refractivity contribution >= 4 is 23.1 Å². The minimum Gasteiger partial charge on any atom is -0.418 e. The molecule has 0 spiro atoms. The van der Waals surface area contributed by atoms with Crippen molar-refractivity contribution in [3.63, 3.8) is 0 Å². The fourth-order valence-electron chi connectivity index (χ4n) is 3.96. The summed E-state index contributed by atoms with van der Waals surface area (Å²) in [5.41, 5.74) is 0.304. The van der Waals surface area contributed by atoms with Gasteiger partial charge in [0.25, 0.3) is 0 Å². The van der Waals surface area contributed by atoms with Crippen LogP contribution in [0.2, 0.25) is 0 Å². The maximum absolute atomic E-state index is 13.0. The average Bonchev–Trinajstić information content (AvgIpc) is 3.37. The third-order valence-electron chi connectivity index (χ3n) is 5.60. The highest BCUT2D eigenvalue weighted by Gasteiger charge is 2.33. The summed E-state index contributed by atoms with van der Waals surface area (Å²) in [5, 5.41) is 11.5. The van der Waals surface area contributed by atoms with E-state index in [0.29, 0.717) is 29.9 Å². The van der Waals surface area contributed by atoms with Crippen LogP contribution < -0.4 is 4.90 Å². The van der Waals surface area contributed by atoms with Gasteiger partial charge in [-0.05, 0) is 43.0 Å². The minimum absolute atomic E-state index is 0.0333. The van der Waals surface area contributed by atoms with Crippen LogP contribution in [0.15, 0.2) is 21.9 Å². The van der Waals surface area contributed by atoms with Crippen molar-refractivity contribution in [2.45, 2.75) is 32.6 Å². The van der Waals surface area contributed by atoms with Gasteiger partial charge in [0.05, 0.1) is 10.8 Å². The van der Waals surface area contributed by atoms with Gasteiger partial charge >= 0.3 is 0 Å². The van der Waals surface area contributed by atoms with Gasteiger partial charge < -0.3 is 14.2 Å². The maximum Gasteiger partial charge on any atom is 0.240 e. The van der Waals surface area contributed by atoms with Gasteiger partial charge in [0.2, 0.25) is 23.4 Å². The molecule has 0 saturated carbocycles. The molecule has 4 rings (SSSR count). The Labute approximate surface area is 163 Å². The Balaban J connectivity index is 1.50. The summed E-state index contributed by atoms with van der Waals surface area (Å²) in [6, 6.07) is 6.02. The average molecular weight is 385 g/mol. The summed E-state index contributed by atoms with van der Waals surface area (Å²) < 4.78 is 5.95. The molecule has 2 aromatic rings. The van der Waals surface area contributed by atoms with Crippen LogP contribution in [0.5, 0.6) is 0 Å². The van der Waals surface area contributed by atoms with E-state index in [9.17, 15) is 10.1 Å². The molecule has 1 unspecified atom stereocenters. The number of rotatable bonds is 3. The van der Waals surface area contributed by atoms with Gasteiger partial charge in [0.1, 0.15) is 6.07 Å². The summed E-state index contributed by atoms with van der Waals surface area (Å²) in [6.45, 7) is 5.37. The number of carbonyl (C=O) groups excluding carboxylic acids is 1. The molecule has 0 radical (unpaired) electrons. The Bertz CT molecular complexity index is 831. The van der Waals surface area contributed by atoms with Gasteiger partial charge in [-0.3, -0.25) is 4.79 Å². The number of anilines is 1. The molecule has 0 N–H and O–H groups in total. The first-order chi connectivity index (χ1) is 13.2. The zero-order chi connectivity index (χ0) is 18.8. The van der Waals surface area contributed by atoms with E-state index >= 15 is 0 Å². The largest absolute Gasteiger partial charge is 0.418 e. The second-order valence-corrected chi connectivity index (χ2v) is 8.50. The lowest BCUT2D eigenvalue weighted by Gasteiger charge is -2.37. The number of thiophene rings is 1. The molecule has 2 fully saturated rings. The molecule has 2 saturated heterocycles. The third-order valence-corrected chi connectivity index (χ3v) is 6.46. The van der Waals surface area contributed by atoms with Gasteiger partial charge in [-0.25, -0.2) is 0 Å². The van der Waals surface area contributed by atoms with Gasteiger partial charge in [-0.1, -0.05) is 13.0 Å². The van der Waals surface area contributed by atoms with E-state index in [-0.39, 0.29) is 11.8 Å². The number of oxazole rings is 1. The Morgan fingerprint density at radius 1 is 1.33 bits per heavy atom. The van der Waals surface area contributed by atoms with Crippen molar-refractivity contribution in [1.82, 2.24) is 9.88 Å². The second-order valence-electron chi connectivity index (χ2n) is 7.55.